The highest BCUT2D eigenvalue weighted by molar-refractivity contribution is 5.18. The molecule has 3 nitrogen and oxygen atoms in total. The second-order valence-electron chi connectivity index (χ2n) is 4.75. The summed E-state index contributed by atoms with van der Waals surface area (Å²) in [6.07, 6.45) is 1.37. The maximum absolute atomic E-state index is 5.79. The van der Waals surface area contributed by atoms with Crippen LogP contribution in [-0.2, 0) is 12.8 Å². The molecule has 0 atom stereocenters. The lowest BCUT2D eigenvalue weighted by molar-refractivity contribution is 0.430. The van der Waals surface area contributed by atoms with E-state index in [9.17, 15) is 0 Å². The largest absolute Gasteiger partial charge is 0.466 e. The number of furan rings is 3. The molecular formula is C16H16O3. The van der Waals surface area contributed by atoms with Crippen molar-refractivity contribution in [2.45, 2.75) is 26.7 Å². The Morgan fingerprint density at radius 2 is 0.947 bits per heavy atom. The number of hydrogen-bond acceptors (Lipinski definition) is 3. The molecule has 0 bridgehead atoms. The minimum Gasteiger partial charge on any atom is -0.466 e. The SMILES string of the molecule is Cc1ccc(Cc2ccc(Cc3ccc(C)o3)o2)o1. The zero-order valence-corrected chi connectivity index (χ0v) is 11.1. The van der Waals surface area contributed by atoms with Crippen LogP contribution >= 0.6 is 0 Å². The monoisotopic (exact) mass is 256 g/mol. The average molecular weight is 256 g/mol. The third-order valence-electron chi connectivity index (χ3n) is 3.01. The number of aryl methyl sites for hydroxylation is 2. The summed E-state index contributed by atoms with van der Waals surface area (Å²) in [5, 5.41) is 0. The highest BCUT2D eigenvalue weighted by Gasteiger charge is 2.08. The molecule has 0 spiro atoms. The summed E-state index contributed by atoms with van der Waals surface area (Å²) in [5.74, 6) is 5.51. The second kappa shape index (κ2) is 4.84. The van der Waals surface area contributed by atoms with E-state index in [4.69, 9.17) is 13.3 Å². The van der Waals surface area contributed by atoms with Crippen molar-refractivity contribution in [1.29, 1.82) is 0 Å². The van der Waals surface area contributed by atoms with Gasteiger partial charge in [-0.1, -0.05) is 0 Å². The first-order valence-electron chi connectivity index (χ1n) is 6.37. The molecule has 0 aliphatic carbocycles. The Balaban J connectivity index is 1.69. The molecule has 0 saturated carbocycles. The van der Waals surface area contributed by atoms with E-state index in [0.717, 1.165) is 34.6 Å². The van der Waals surface area contributed by atoms with Gasteiger partial charge >= 0.3 is 0 Å². The van der Waals surface area contributed by atoms with E-state index < -0.39 is 0 Å². The maximum Gasteiger partial charge on any atom is 0.111 e. The zero-order valence-electron chi connectivity index (χ0n) is 11.1. The van der Waals surface area contributed by atoms with E-state index >= 15 is 0 Å². The second-order valence-corrected chi connectivity index (χ2v) is 4.75. The topological polar surface area (TPSA) is 39.4 Å². The van der Waals surface area contributed by atoms with Gasteiger partial charge in [-0.05, 0) is 50.2 Å². The summed E-state index contributed by atoms with van der Waals surface area (Å²) in [6.45, 7) is 3.88. The predicted molar refractivity (Wildman–Crippen MR) is 71.2 cm³/mol. The Morgan fingerprint density at radius 3 is 1.32 bits per heavy atom. The first kappa shape index (κ1) is 11.9. The van der Waals surface area contributed by atoms with Crippen LogP contribution in [0.25, 0.3) is 0 Å². The molecule has 3 rings (SSSR count). The van der Waals surface area contributed by atoms with Crippen molar-refractivity contribution in [3.63, 3.8) is 0 Å². The summed E-state index contributed by atoms with van der Waals surface area (Å²) in [5.41, 5.74) is 0. The molecule has 0 amide bonds. The predicted octanol–water partition coefficient (Wildman–Crippen LogP) is 4.26. The van der Waals surface area contributed by atoms with E-state index in [0.29, 0.717) is 12.8 Å². The van der Waals surface area contributed by atoms with Crippen LogP contribution in [0, 0.1) is 13.8 Å². The number of rotatable bonds is 4. The van der Waals surface area contributed by atoms with Crippen molar-refractivity contribution in [2.24, 2.45) is 0 Å². The third-order valence-corrected chi connectivity index (χ3v) is 3.01. The van der Waals surface area contributed by atoms with Gasteiger partial charge in [0.2, 0.25) is 0 Å². The van der Waals surface area contributed by atoms with Crippen molar-refractivity contribution in [1.82, 2.24) is 0 Å². The third kappa shape index (κ3) is 2.81. The molecule has 98 valence electrons. The standard InChI is InChI=1S/C16H16O3/c1-11-3-5-13(17-11)9-15-7-8-16(19-15)10-14-6-4-12(2)18-14/h3-8H,9-10H2,1-2H3. The van der Waals surface area contributed by atoms with Crippen LogP contribution in [0.15, 0.2) is 49.6 Å². The van der Waals surface area contributed by atoms with Crippen molar-refractivity contribution in [2.75, 3.05) is 0 Å². The van der Waals surface area contributed by atoms with Gasteiger partial charge in [0, 0.05) is 0 Å². The van der Waals surface area contributed by atoms with E-state index in [1.165, 1.54) is 0 Å². The molecule has 0 saturated heterocycles. The van der Waals surface area contributed by atoms with Crippen molar-refractivity contribution < 1.29 is 13.3 Å². The summed E-state index contributed by atoms with van der Waals surface area (Å²) in [4.78, 5) is 0. The molecule has 0 unspecified atom stereocenters. The Hall–Kier alpha value is -2.16. The molecular weight excluding hydrogens is 240 g/mol. The fourth-order valence-electron chi connectivity index (χ4n) is 2.12. The minimum absolute atomic E-state index is 0.686. The van der Waals surface area contributed by atoms with Crippen molar-refractivity contribution in [3.8, 4) is 0 Å². The van der Waals surface area contributed by atoms with E-state index in [-0.39, 0.29) is 0 Å². The highest BCUT2D eigenvalue weighted by atomic mass is 16.4. The lowest BCUT2D eigenvalue weighted by Gasteiger charge is -1.95. The van der Waals surface area contributed by atoms with Crippen molar-refractivity contribution >= 4 is 0 Å². The van der Waals surface area contributed by atoms with E-state index in [2.05, 4.69) is 0 Å². The molecule has 3 aromatic heterocycles. The summed E-state index contributed by atoms with van der Waals surface area (Å²) < 4.78 is 16.9. The van der Waals surface area contributed by atoms with Crippen LogP contribution in [0.3, 0.4) is 0 Å². The normalized spacial score (nSPS) is 11.1. The van der Waals surface area contributed by atoms with E-state index in [1.807, 2.05) is 50.2 Å². The van der Waals surface area contributed by atoms with Crippen LogP contribution in [0.1, 0.15) is 34.6 Å². The molecule has 0 aromatic carbocycles. The smallest absolute Gasteiger partial charge is 0.111 e. The van der Waals surface area contributed by atoms with Crippen LogP contribution in [-0.4, -0.2) is 0 Å². The molecule has 3 heterocycles. The van der Waals surface area contributed by atoms with Crippen LogP contribution in [0.4, 0.5) is 0 Å². The summed E-state index contributed by atoms with van der Waals surface area (Å²) >= 11 is 0. The first-order valence-corrected chi connectivity index (χ1v) is 6.37. The van der Waals surface area contributed by atoms with Gasteiger partial charge in [0.1, 0.15) is 34.6 Å². The quantitative estimate of drug-likeness (QED) is 0.700. The minimum atomic E-state index is 0.686. The molecule has 0 N–H and O–H groups in total. The molecule has 0 radical (unpaired) electrons. The Labute approximate surface area is 111 Å². The van der Waals surface area contributed by atoms with Crippen LogP contribution in [0.2, 0.25) is 0 Å². The van der Waals surface area contributed by atoms with Gasteiger partial charge in [0.25, 0.3) is 0 Å². The highest BCUT2D eigenvalue weighted by Crippen LogP contribution is 2.18. The molecule has 0 aliphatic rings. The average Bonchev–Trinajstić information content (AvgIpc) is 3.05. The fraction of sp³-hybridized carbons (Fsp3) is 0.250. The van der Waals surface area contributed by atoms with Gasteiger partial charge in [-0.3, -0.25) is 0 Å². The van der Waals surface area contributed by atoms with Crippen LogP contribution < -0.4 is 0 Å². The van der Waals surface area contributed by atoms with Gasteiger partial charge in [0.05, 0.1) is 12.8 Å². The van der Waals surface area contributed by atoms with Crippen molar-refractivity contribution in [3.05, 3.63) is 71.0 Å². The maximum atomic E-state index is 5.79. The molecule has 19 heavy (non-hydrogen) atoms. The van der Waals surface area contributed by atoms with Gasteiger partial charge in [-0.25, -0.2) is 0 Å². The fourth-order valence-corrected chi connectivity index (χ4v) is 2.12. The zero-order chi connectivity index (χ0) is 13.2. The summed E-state index contributed by atoms with van der Waals surface area (Å²) in [7, 11) is 0. The van der Waals surface area contributed by atoms with Gasteiger partial charge < -0.3 is 13.3 Å². The molecule has 0 fully saturated rings. The van der Waals surface area contributed by atoms with Gasteiger partial charge in [-0.2, -0.15) is 0 Å². The summed E-state index contributed by atoms with van der Waals surface area (Å²) in [6, 6.07) is 11.9. The lowest BCUT2D eigenvalue weighted by atomic mass is 10.2. The Kier molecular flexibility index (Phi) is 3.03. The van der Waals surface area contributed by atoms with Gasteiger partial charge in [-0.15, -0.1) is 0 Å². The number of hydrogen-bond donors (Lipinski definition) is 0. The van der Waals surface area contributed by atoms with Gasteiger partial charge in [0.15, 0.2) is 0 Å². The molecule has 3 aromatic rings. The van der Waals surface area contributed by atoms with Crippen LogP contribution in [0.5, 0.6) is 0 Å². The lowest BCUT2D eigenvalue weighted by Crippen LogP contribution is -1.83. The Morgan fingerprint density at radius 1 is 0.579 bits per heavy atom. The molecule has 3 heteroatoms. The molecule has 0 aliphatic heterocycles. The van der Waals surface area contributed by atoms with E-state index in [1.54, 1.807) is 0 Å². The Bertz CT molecular complexity index is 613. The first-order chi connectivity index (χ1) is 9.19.